The highest BCUT2D eigenvalue weighted by molar-refractivity contribution is 7.20. The Labute approximate surface area is 293 Å². The zero-order chi connectivity index (χ0) is 35.5. The third-order valence-corrected chi connectivity index (χ3v) is 9.85. The highest BCUT2D eigenvalue weighted by atomic mass is 32.1. The number of aromatic nitrogens is 1. The molecule has 1 aromatic heterocycles. The van der Waals surface area contributed by atoms with Crippen molar-refractivity contribution in [2.24, 2.45) is 5.92 Å². The minimum Gasteiger partial charge on any atom is -0.465 e. The number of carbonyl (C=O) groups is 4. The van der Waals surface area contributed by atoms with E-state index in [0.717, 1.165) is 30.6 Å². The number of nitrogens with zero attached hydrogens (tertiary/aromatic N) is 2. The summed E-state index contributed by atoms with van der Waals surface area (Å²) in [6.45, 7) is 5.23. The van der Waals surface area contributed by atoms with Crippen molar-refractivity contribution < 1.29 is 37.9 Å². The lowest BCUT2D eigenvalue weighted by Crippen LogP contribution is -2.58. The predicted octanol–water partition coefficient (Wildman–Crippen LogP) is 5.18. The van der Waals surface area contributed by atoms with Crippen molar-refractivity contribution >= 4 is 45.4 Å². The number of amides is 4. The van der Waals surface area contributed by atoms with Crippen molar-refractivity contribution in [3.63, 3.8) is 0 Å². The van der Waals surface area contributed by atoms with Crippen molar-refractivity contribution in [2.45, 2.75) is 95.0 Å². The molecule has 12 nitrogen and oxygen atoms in total. The molecule has 50 heavy (non-hydrogen) atoms. The van der Waals surface area contributed by atoms with Crippen LogP contribution in [0.5, 0.6) is 10.9 Å². The second-order valence-corrected chi connectivity index (χ2v) is 14.9. The van der Waals surface area contributed by atoms with Crippen molar-refractivity contribution in [3.8, 4) is 10.9 Å². The van der Waals surface area contributed by atoms with Gasteiger partial charge in [-0.1, -0.05) is 54.5 Å². The third-order valence-electron chi connectivity index (χ3n) is 8.94. The fourth-order valence-corrected chi connectivity index (χ4v) is 7.28. The summed E-state index contributed by atoms with van der Waals surface area (Å²) in [5, 5.41) is 5.98. The molecular formula is C36H42FN5O7S. The van der Waals surface area contributed by atoms with Gasteiger partial charge >= 0.3 is 6.09 Å². The number of nitrogens with one attached hydrogen (secondary N) is 3. The number of halogens is 1. The van der Waals surface area contributed by atoms with Crippen LogP contribution in [0.15, 0.2) is 60.7 Å². The lowest BCUT2D eigenvalue weighted by atomic mass is 10.0. The Bertz CT molecular complexity index is 1760. The first kappa shape index (κ1) is 35.1. The molecule has 0 unspecified atom stereocenters. The highest BCUT2D eigenvalue weighted by Crippen LogP contribution is 2.45. The molecule has 14 heteroatoms. The molecule has 2 aliphatic heterocycles. The van der Waals surface area contributed by atoms with Crippen molar-refractivity contribution in [1.29, 1.82) is 0 Å². The maximum atomic E-state index is 14.3. The van der Waals surface area contributed by atoms with Crippen LogP contribution in [0.4, 0.5) is 9.18 Å². The Hall–Kier alpha value is -4.72. The zero-order valence-corrected chi connectivity index (χ0v) is 29.1. The summed E-state index contributed by atoms with van der Waals surface area (Å²) >= 11 is 1.16. The van der Waals surface area contributed by atoms with Crippen LogP contribution in [0.25, 0.3) is 10.2 Å². The summed E-state index contributed by atoms with van der Waals surface area (Å²) in [5.41, 5.74) is 0.991. The van der Waals surface area contributed by atoms with Gasteiger partial charge in [0.15, 0.2) is 5.75 Å². The first-order chi connectivity index (χ1) is 23.9. The fourth-order valence-electron chi connectivity index (χ4n) is 6.37. The Morgan fingerprint density at radius 1 is 1.10 bits per heavy atom. The summed E-state index contributed by atoms with van der Waals surface area (Å²) in [6, 6.07) is 11.0. The van der Waals surface area contributed by atoms with E-state index in [-0.39, 0.29) is 24.1 Å². The van der Waals surface area contributed by atoms with Gasteiger partial charge in [-0.3, -0.25) is 14.4 Å². The van der Waals surface area contributed by atoms with Crippen LogP contribution in [0.2, 0.25) is 0 Å². The molecular weight excluding hydrogens is 665 g/mol. The maximum Gasteiger partial charge on any atom is 0.408 e. The molecule has 3 heterocycles. The van der Waals surface area contributed by atoms with E-state index < -0.39 is 59.0 Å². The molecule has 3 aliphatic rings. The second kappa shape index (κ2) is 14.6. The standard InChI is InChI=1S/C36H42FN5O7S/c1-35(2,3)48-33(46)38-27-15-11-6-4-5-8-12-22-20-36(22,32(45)41-49-24-13-9-7-10-14-24)40-30(43)28-19-25(21-42(28)31(27)44)47-34-39-26-17-16-23(37)18-29(26)50-34/h7-10,12-14,16-18,22,25,27-28H,4-6,11,15,19-21H2,1-3H3,(H,38,46)(H,40,43)(H,41,45)/b12-8-/t22-,25+,27-,28-,36+/m0/s1. The van der Waals surface area contributed by atoms with Gasteiger partial charge in [0.1, 0.15) is 35.1 Å². The molecule has 0 bridgehead atoms. The SMILES string of the molecule is CC(C)(C)OC(=O)N[C@H]1CCCCC/C=C\[C@H]2C[C@@]2(C(=O)NOc2ccccc2)NC(=O)[C@@H]2C[C@@H](Oc3nc4ccc(F)cc4s3)CN2C1=O. The summed E-state index contributed by atoms with van der Waals surface area (Å²) in [7, 11) is 0. The first-order valence-electron chi connectivity index (χ1n) is 16.9. The largest absolute Gasteiger partial charge is 0.465 e. The zero-order valence-electron chi connectivity index (χ0n) is 28.3. The van der Waals surface area contributed by atoms with Gasteiger partial charge in [0, 0.05) is 12.3 Å². The normalized spacial score (nSPS) is 26.4. The van der Waals surface area contributed by atoms with Crippen LogP contribution in [-0.2, 0) is 19.1 Å². The average Bonchev–Trinajstić information content (AvgIpc) is 3.37. The van der Waals surface area contributed by atoms with Crippen LogP contribution < -0.4 is 25.7 Å². The number of fused-ring (bicyclic) bond motifs is 3. The van der Waals surface area contributed by atoms with E-state index in [1.54, 1.807) is 51.1 Å². The van der Waals surface area contributed by atoms with E-state index in [0.29, 0.717) is 35.2 Å². The molecule has 2 fully saturated rings. The lowest BCUT2D eigenvalue weighted by molar-refractivity contribution is -0.142. The number of carbonyl (C=O) groups excluding carboxylic acids is 4. The number of rotatable bonds is 6. The molecule has 5 atom stereocenters. The number of ether oxygens (including phenoxy) is 2. The summed E-state index contributed by atoms with van der Waals surface area (Å²) in [5.74, 6) is -1.75. The van der Waals surface area contributed by atoms with Crippen molar-refractivity contribution in [3.05, 3.63) is 66.5 Å². The highest BCUT2D eigenvalue weighted by Gasteiger charge is 2.61. The number of hydroxylamine groups is 1. The second-order valence-electron chi connectivity index (χ2n) is 14.0. The molecule has 0 spiro atoms. The van der Waals surface area contributed by atoms with Crippen LogP contribution in [-0.4, -0.2) is 69.6 Å². The molecule has 266 valence electrons. The monoisotopic (exact) mass is 707 g/mol. The molecule has 4 amide bonds. The predicted molar refractivity (Wildman–Crippen MR) is 184 cm³/mol. The lowest BCUT2D eigenvalue weighted by Gasteiger charge is -2.30. The Morgan fingerprint density at radius 3 is 2.68 bits per heavy atom. The minimum atomic E-state index is -1.29. The molecule has 3 aromatic rings. The smallest absolute Gasteiger partial charge is 0.408 e. The molecule has 2 aromatic carbocycles. The number of alkyl carbamates (subject to hydrolysis) is 1. The van der Waals surface area contributed by atoms with E-state index in [4.69, 9.17) is 14.3 Å². The number of hydrogen-bond donors (Lipinski definition) is 3. The number of thiazole rings is 1. The fraction of sp³-hybridized carbons (Fsp3) is 0.472. The van der Waals surface area contributed by atoms with Gasteiger partial charge < -0.3 is 29.8 Å². The van der Waals surface area contributed by atoms with Gasteiger partial charge in [-0.15, -0.1) is 0 Å². The Morgan fingerprint density at radius 2 is 1.90 bits per heavy atom. The molecule has 0 radical (unpaired) electrons. The van der Waals surface area contributed by atoms with E-state index in [9.17, 15) is 23.6 Å². The Kier molecular flexibility index (Phi) is 10.3. The number of para-hydroxylation sites is 1. The first-order valence-corrected chi connectivity index (χ1v) is 17.8. The third kappa shape index (κ3) is 8.35. The van der Waals surface area contributed by atoms with Gasteiger partial charge in [-0.25, -0.2) is 14.2 Å². The van der Waals surface area contributed by atoms with Gasteiger partial charge in [0.25, 0.3) is 11.1 Å². The number of allylic oxidation sites excluding steroid dienone is 1. The van der Waals surface area contributed by atoms with Crippen LogP contribution in [0.1, 0.15) is 65.7 Å². The molecule has 1 saturated heterocycles. The Balaban J connectivity index is 1.27. The van der Waals surface area contributed by atoms with Crippen LogP contribution in [0.3, 0.4) is 0 Å². The maximum absolute atomic E-state index is 14.3. The van der Waals surface area contributed by atoms with E-state index >= 15 is 0 Å². The van der Waals surface area contributed by atoms with E-state index in [1.807, 2.05) is 18.2 Å². The van der Waals surface area contributed by atoms with Crippen molar-refractivity contribution in [1.82, 2.24) is 26.0 Å². The van der Waals surface area contributed by atoms with Gasteiger partial charge in [-0.05, 0) is 76.8 Å². The quantitative estimate of drug-likeness (QED) is 0.235. The minimum absolute atomic E-state index is 0.0212. The van der Waals surface area contributed by atoms with Gasteiger partial charge in [-0.2, -0.15) is 5.48 Å². The van der Waals surface area contributed by atoms with E-state index in [2.05, 4.69) is 21.1 Å². The topological polar surface area (TPSA) is 148 Å². The van der Waals surface area contributed by atoms with Gasteiger partial charge in [0.2, 0.25) is 11.8 Å². The number of hydrogen-bond acceptors (Lipinski definition) is 9. The van der Waals surface area contributed by atoms with Crippen molar-refractivity contribution in [2.75, 3.05) is 6.54 Å². The summed E-state index contributed by atoms with van der Waals surface area (Å²) in [6.07, 6.45) is 6.42. The molecule has 6 rings (SSSR count). The van der Waals surface area contributed by atoms with Crippen LogP contribution in [0, 0.1) is 11.7 Å². The summed E-state index contributed by atoms with van der Waals surface area (Å²) in [4.78, 5) is 66.5. The number of benzene rings is 2. The molecule has 3 N–H and O–H groups in total. The molecule has 1 aliphatic carbocycles. The summed E-state index contributed by atoms with van der Waals surface area (Å²) < 4.78 is 26.1. The van der Waals surface area contributed by atoms with Crippen LogP contribution >= 0.6 is 11.3 Å². The molecule has 1 saturated carbocycles. The van der Waals surface area contributed by atoms with Gasteiger partial charge in [0.05, 0.1) is 16.8 Å². The average molecular weight is 708 g/mol. The van der Waals surface area contributed by atoms with E-state index in [1.165, 1.54) is 17.0 Å².